The van der Waals surface area contributed by atoms with E-state index in [1.54, 1.807) is 11.8 Å². The number of benzene rings is 1. The maximum Gasteiger partial charge on any atom is 0.416 e. The Hall–Kier alpha value is -1.98. The van der Waals surface area contributed by atoms with E-state index in [2.05, 4.69) is 9.80 Å². The fourth-order valence-corrected chi connectivity index (χ4v) is 5.95. The number of likely N-dealkylation sites (tertiary alicyclic amines) is 1. The molecule has 5 rings (SSSR count). The smallest absolute Gasteiger partial charge is 0.416 e. The molecule has 1 spiro atoms. The van der Waals surface area contributed by atoms with Crippen molar-refractivity contribution in [3.05, 3.63) is 46.0 Å². The van der Waals surface area contributed by atoms with Crippen molar-refractivity contribution in [1.82, 2.24) is 14.7 Å². The molecule has 0 radical (unpaired) electrons. The summed E-state index contributed by atoms with van der Waals surface area (Å²) in [7, 11) is 0. The average molecular weight is 510 g/mol. The van der Waals surface area contributed by atoms with Gasteiger partial charge < -0.3 is 19.5 Å². The Bertz CT molecular complexity index is 1010. The second kappa shape index (κ2) is 10.1. The summed E-state index contributed by atoms with van der Waals surface area (Å²) in [4.78, 5) is 19.2. The minimum absolute atomic E-state index is 0.188. The lowest BCUT2D eigenvalue weighted by molar-refractivity contribution is -0.152. The number of carbonyl (C=O) groups excluding carboxylic acids is 1. The summed E-state index contributed by atoms with van der Waals surface area (Å²) in [5.41, 5.74) is 0.873. The molecule has 0 aliphatic carbocycles. The van der Waals surface area contributed by atoms with Gasteiger partial charge >= 0.3 is 12.1 Å². The van der Waals surface area contributed by atoms with E-state index in [0.717, 1.165) is 64.1 Å². The van der Waals surface area contributed by atoms with E-state index in [9.17, 15) is 23.1 Å². The van der Waals surface area contributed by atoms with Crippen LogP contribution >= 0.6 is 0 Å². The molecule has 0 bridgehead atoms. The van der Waals surface area contributed by atoms with Crippen molar-refractivity contribution in [3.63, 3.8) is 0 Å². The number of fused-ring (bicyclic) bond motifs is 1. The molecular formula is C26H34F3N3O4. The number of nitrogens with zero attached hydrogens (tertiary/aromatic N) is 3. The summed E-state index contributed by atoms with van der Waals surface area (Å²) in [5, 5.41) is 11.5. The molecule has 4 heterocycles. The minimum Gasteiger partial charge on any atom is -0.451 e. The summed E-state index contributed by atoms with van der Waals surface area (Å²) in [5.74, 6) is -0.414. The normalized spacial score (nSPS) is 24.8. The standard InChI is InChI=1S/C26H34F3N3O4/c1-18-22(23(33)32-7-4-19-2-3-21(26(27,28)29)16-20(19)17-32)25(36-24(18)34)5-8-30(9-6-25)10-11-31-12-14-35-15-13-31/h2-3,16,23,33H,4-15,17H2,1H3. The molecule has 1 aromatic carbocycles. The number of halogens is 3. The first-order valence-electron chi connectivity index (χ1n) is 12.7. The maximum absolute atomic E-state index is 13.2. The Morgan fingerprint density at radius 2 is 1.69 bits per heavy atom. The Balaban J connectivity index is 1.27. The van der Waals surface area contributed by atoms with Crippen LogP contribution in [0.25, 0.3) is 0 Å². The third-order valence-electron chi connectivity index (χ3n) is 8.17. The summed E-state index contributed by atoms with van der Waals surface area (Å²) < 4.78 is 51.1. The van der Waals surface area contributed by atoms with Crippen LogP contribution in [0.5, 0.6) is 0 Å². The van der Waals surface area contributed by atoms with Crippen LogP contribution in [0.2, 0.25) is 0 Å². The first-order valence-corrected chi connectivity index (χ1v) is 12.7. The van der Waals surface area contributed by atoms with Crippen molar-refractivity contribution in [2.24, 2.45) is 0 Å². The number of alkyl halides is 3. The highest BCUT2D eigenvalue weighted by Crippen LogP contribution is 2.44. The highest BCUT2D eigenvalue weighted by Gasteiger charge is 2.51. The van der Waals surface area contributed by atoms with Gasteiger partial charge in [-0.2, -0.15) is 13.2 Å². The number of aliphatic hydroxyl groups is 1. The third-order valence-corrected chi connectivity index (χ3v) is 8.17. The van der Waals surface area contributed by atoms with E-state index in [1.807, 2.05) is 0 Å². The van der Waals surface area contributed by atoms with E-state index in [0.29, 0.717) is 42.5 Å². The fraction of sp³-hybridized carbons (Fsp3) is 0.654. The van der Waals surface area contributed by atoms with Gasteiger partial charge in [-0.3, -0.25) is 9.80 Å². The number of rotatable bonds is 5. The first kappa shape index (κ1) is 25.7. The van der Waals surface area contributed by atoms with Crippen molar-refractivity contribution in [2.45, 2.75) is 50.7 Å². The summed E-state index contributed by atoms with van der Waals surface area (Å²) in [6, 6.07) is 3.82. The van der Waals surface area contributed by atoms with Gasteiger partial charge in [0.1, 0.15) is 11.8 Å². The van der Waals surface area contributed by atoms with Crippen molar-refractivity contribution in [3.8, 4) is 0 Å². The SMILES string of the molecule is CC1=C(C(O)N2CCc3ccc(C(F)(F)F)cc3C2)C2(CCN(CCN3CCOCC3)CC2)OC1=O. The van der Waals surface area contributed by atoms with Crippen LogP contribution < -0.4 is 0 Å². The number of hydrogen-bond donors (Lipinski definition) is 1. The Morgan fingerprint density at radius 1 is 1.03 bits per heavy atom. The molecule has 7 nitrogen and oxygen atoms in total. The lowest BCUT2D eigenvalue weighted by atomic mass is 9.81. The zero-order chi connectivity index (χ0) is 25.5. The Morgan fingerprint density at radius 3 is 2.36 bits per heavy atom. The molecule has 2 saturated heterocycles. The quantitative estimate of drug-likeness (QED) is 0.612. The molecule has 1 N–H and O–H groups in total. The molecule has 4 aliphatic rings. The van der Waals surface area contributed by atoms with Gasteiger partial charge in [-0.15, -0.1) is 0 Å². The molecule has 198 valence electrons. The van der Waals surface area contributed by atoms with Gasteiger partial charge in [0, 0.05) is 76.3 Å². The van der Waals surface area contributed by atoms with Crippen LogP contribution in [0.15, 0.2) is 29.3 Å². The lowest BCUT2D eigenvalue weighted by Gasteiger charge is -2.43. The third kappa shape index (κ3) is 5.06. The molecule has 4 aliphatic heterocycles. The molecule has 0 aromatic heterocycles. The van der Waals surface area contributed by atoms with Crippen LogP contribution in [-0.4, -0.2) is 96.6 Å². The van der Waals surface area contributed by atoms with Crippen molar-refractivity contribution in [1.29, 1.82) is 0 Å². The van der Waals surface area contributed by atoms with E-state index in [1.165, 1.54) is 12.1 Å². The summed E-state index contributed by atoms with van der Waals surface area (Å²) in [6.07, 6.45) is -3.78. The van der Waals surface area contributed by atoms with Crippen LogP contribution in [0.1, 0.15) is 36.5 Å². The largest absolute Gasteiger partial charge is 0.451 e. The Labute approximate surface area is 209 Å². The second-order valence-corrected chi connectivity index (χ2v) is 10.3. The molecule has 36 heavy (non-hydrogen) atoms. The molecular weight excluding hydrogens is 475 g/mol. The van der Waals surface area contributed by atoms with Crippen LogP contribution in [0.4, 0.5) is 13.2 Å². The molecule has 0 amide bonds. The van der Waals surface area contributed by atoms with E-state index >= 15 is 0 Å². The second-order valence-electron chi connectivity index (χ2n) is 10.3. The van der Waals surface area contributed by atoms with E-state index in [4.69, 9.17) is 9.47 Å². The highest BCUT2D eigenvalue weighted by atomic mass is 19.4. The molecule has 1 aromatic rings. The molecule has 1 atom stereocenters. The van der Waals surface area contributed by atoms with Gasteiger partial charge in [0.05, 0.1) is 18.8 Å². The van der Waals surface area contributed by atoms with Gasteiger partial charge in [0.2, 0.25) is 0 Å². The minimum atomic E-state index is -4.42. The number of carbonyl (C=O) groups is 1. The van der Waals surface area contributed by atoms with Gasteiger partial charge in [-0.05, 0) is 36.6 Å². The predicted octanol–water partition coefficient (Wildman–Crippen LogP) is 2.42. The lowest BCUT2D eigenvalue weighted by Crippen LogP contribution is -2.52. The van der Waals surface area contributed by atoms with Crippen LogP contribution in [0.3, 0.4) is 0 Å². The van der Waals surface area contributed by atoms with Crippen molar-refractivity contribution in [2.75, 3.05) is 59.0 Å². The van der Waals surface area contributed by atoms with Gasteiger partial charge in [-0.1, -0.05) is 6.07 Å². The van der Waals surface area contributed by atoms with Crippen LogP contribution in [-0.2, 0) is 33.4 Å². The zero-order valence-corrected chi connectivity index (χ0v) is 20.6. The van der Waals surface area contributed by atoms with Gasteiger partial charge in [-0.25, -0.2) is 4.79 Å². The predicted molar refractivity (Wildman–Crippen MR) is 126 cm³/mol. The number of aliphatic hydroxyl groups excluding tert-OH is 1. The number of hydrogen-bond acceptors (Lipinski definition) is 7. The summed E-state index contributed by atoms with van der Waals surface area (Å²) in [6.45, 7) is 9.17. The fourth-order valence-electron chi connectivity index (χ4n) is 5.95. The summed E-state index contributed by atoms with van der Waals surface area (Å²) >= 11 is 0. The Kier molecular flexibility index (Phi) is 7.17. The van der Waals surface area contributed by atoms with Gasteiger partial charge in [0.15, 0.2) is 0 Å². The highest BCUT2D eigenvalue weighted by molar-refractivity contribution is 5.92. The molecule has 0 saturated carbocycles. The number of piperidine rings is 1. The number of esters is 1. The van der Waals surface area contributed by atoms with Crippen molar-refractivity contribution >= 4 is 5.97 Å². The number of ether oxygens (including phenoxy) is 2. The monoisotopic (exact) mass is 509 g/mol. The molecule has 1 unspecified atom stereocenters. The molecule has 2 fully saturated rings. The van der Waals surface area contributed by atoms with E-state index in [-0.39, 0.29) is 6.54 Å². The number of morpholine rings is 1. The molecule has 10 heteroatoms. The zero-order valence-electron chi connectivity index (χ0n) is 20.6. The topological polar surface area (TPSA) is 65.5 Å². The van der Waals surface area contributed by atoms with Crippen molar-refractivity contribution < 1.29 is 32.5 Å². The van der Waals surface area contributed by atoms with Gasteiger partial charge in [0.25, 0.3) is 0 Å². The van der Waals surface area contributed by atoms with Crippen LogP contribution in [0, 0.1) is 0 Å². The maximum atomic E-state index is 13.2. The average Bonchev–Trinajstić information content (AvgIpc) is 3.11. The van der Waals surface area contributed by atoms with E-state index < -0.39 is 29.5 Å². The first-order chi connectivity index (χ1) is 17.2.